The Morgan fingerprint density at radius 2 is 1.64 bits per heavy atom. The van der Waals surface area contributed by atoms with Crippen molar-refractivity contribution < 1.29 is 19.2 Å². The van der Waals surface area contributed by atoms with Crippen molar-refractivity contribution >= 4 is 52.6 Å². The van der Waals surface area contributed by atoms with E-state index in [1.165, 1.54) is 5.56 Å². The molecule has 5 fully saturated rings. The first-order chi connectivity index (χ1) is 28.1. The van der Waals surface area contributed by atoms with Crippen molar-refractivity contribution in [1.29, 1.82) is 0 Å². The number of rotatable bonds is 11. The summed E-state index contributed by atoms with van der Waals surface area (Å²) in [6.45, 7) is 8.18. The molecule has 4 N–H and O–H groups in total. The summed E-state index contributed by atoms with van der Waals surface area (Å²) in [7, 11) is 3.72. The third-order valence-corrected chi connectivity index (χ3v) is 12.9. The Bertz CT molecular complexity index is 1960. The monoisotopic (exact) mass is 792 g/mol. The van der Waals surface area contributed by atoms with Gasteiger partial charge in [0.2, 0.25) is 11.8 Å². The van der Waals surface area contributed by atoms with Crippen molar-refractivity contribution in [3.8, 4) is 0 Å². The zero-order valence-corrected chi connectivity index (χ0v) is 33.7. The fourth-order valence-electron chi connectivity index (χ4n) is 9.36. The molecular formula is C42H56N12O4. The van der Waals surface area contributed by atoms with Crippen molar-refractivity contribution in [2.45, 2.75) is 69.4 Å². The molecule has 5 aliphatic rings. The number of hydrogen-bond acceptors (Lipinski definition) is 12. The number of piperidine rings is 4. The van der Waals surface area contributed by atoms with Crippen LogP contribution in [0.4, 0.5) is 33.6 Å². The summed E-state index contributed by atoms with van der Waals surface area (Å²) in [5, 5.41) is 5.76. The molecule has 16 nitrogen and oxygen atoms in total. The first-order valence-corrected chi connectivity index (χ1v) is 20.9. The van der Waals surface area contributed by atoms with Gasteiger partial charge in [-0.15, -0.1) is 0 Å². The van der Waals surface area contributed by atoms with Crippen LogP contribution < -0.4 is 31.1 Å². The molecule has 8 rings (SSSR count). The predicted molar refractivity (Wildman–Crippen MR) is 222 cm³/mol. The molecule has 2 aromatic heterocycles. The molecule has 0 radical (unpaired) electrons. The van der Waals surface area contributed by atoms with Gasteiger partial charge in [-0.25, -0.2) is 19.7 Å². The van der Waals surface area contributed by atoms with Crippen molar-refractivity contribution in [2.24, 2.45) is 11.7 Å². The number of nitrogens with zero attached hydrogens (tertiary/aromatic N) is 9. The quantitative estimate of drug-likeness (QED) is 0.242. The van der Waals surface area contributed by atoms with E-state index >= 15 is 0 Å². The Kier molecular flexibility index (Phi) is 11.6. The highest BCUT2D eigenvalue weighted by atomic mass is 16.2. The SMILES string of the molecule is CN1CCN([C@@H]2CCCN(c3cnc(C(N)=O)c(Nc4ccc(C5CCN(CC6CCN(c7ccc(N(C)C8CCC(=O)NC8=O)cn7)CC6)CC5)cc4)n3)C2)C1=O. The molecule has 5 aliphatic heterocycles. The zero-order chi connectivity index (χ0) is 40.3. The van der Waals surface area contributed by atoms with E-state index in [0.717, 1.165) is 108 Å². The largest absolute Gasteiger partial charge is 0.364 e. The highest BCUT2D eigenvalue weighted by Gasteiger charge is 2.35. The fraction of sp³-hybridized carbons (Fsp3) is 0.548. The summed E-state index contributed by atoms with van der Waals surface area (Å²) in [5.74, 6) is 2.02. The van der Waals surface area contributed by atoms with Gasteiger partial charge in [0.1, 0.15) is 17.7 Å². The number of anilines is 5. The maximum atomic E-state index is 12.7. The molecule has 7 heterocycles. The average molecular weight is 793 g/mol. The number of likely N-dealkylation sites (N-methyl/N-ethyl adjacent to an activating group) is 2. The molecule has 308 valence electrons. The van der Waals surface area contributed by atoms with Gasteiger partial charge in [0.05, 0.1) is 24.1 Å². The lowest BCUT2D eigenvalue weighted by atomic mass is 9.88. The van der Waals surface area contributed by atoms with E-state index in [1.54, 1.807) is 11.1 Å². The number of aromatic nitrogens is 3. The van der Waals surface area contributed by atoms with Gasteiger partial charge < -0.3 is 40.4 Å². The molecule has 1 aromatic carbocycles. The van der Waals surface area contributed by atoms with Crippen LogP contribution in [0.1, 0.15) is 73.3 Å². The maximum Gasteiger partial charge on any atom is 0.320 e. The van der Waals surface area contributed by atoms with Crippen LogP contribution in [0, 0.1) is 5.92 Å². The normalized spacial score (nSPS) is 22.7. The number of nitrogens with two attached hydrogens (primary N) is 1. The molecule has 5 amide bonds. The standard InChI is InChI=1S/C42H56N12O4/c1-49-22-23-54(42(49)58)33-4-3-17-53(27-33)36-25-45-38(39(43)56)40(47-36)46-31-7-5-29(6-8-31)30-15-18-51(19-16-30)26-28-13-20-52(21-14-28)35-11-9-32(24-44-35)50(2)34-10-12-37(55)48-41(34)57/h5-9,11,24-25,28,30,33-34H,3-4,10,12-23,26-27H2,1-2H3,(H2,43,56)(H,46,47)(H,48,55,57)/t33-,34?/m1/s1. The summed E-state index contributed by atoms with van der Waals surface area (Å²) in [4.78, 5) is 75.7. The minimum atomic E-state index is -0.641. The minimum Gasteiger partial charge on any atom is -0.364 e. The Hall–Kier alpha value is -5.51. The van der Waals surface area contributed by atoms with Gasteiger partial charge in [-0.1, -0.05) is 12.1 Å². The topological polar surface area (TPSA) is 176 Å². The number of primary amides is 1. The number of carbonyl (C=O) groups excluding carboxylic acids is 4. The lowest BCUT2D eigenvalue weighted by Gasteiger charge is -2.38. The number of nitrogens with one attached hydrogen (secondary N) is 2. The second-order valence-corrected chi connectivity index (χ2v) is 16.6. The predicted octanol–water partition coefficient (Wildman–Crippen LogP) is 3.39. The lowest BCUT2D eigenvalue weighted by Crippen LogP contribution is -2.51. The van der Waals surface area contributed by atoms with Gasteiger partial charge in [0, 0.05) is 72.0 Å². The smallest absolute Gasteiger partial charge is 0.320 e. The molecule has 2 atom stereocenters. The van der Waals surface area contributed by atoms with Crippen LogP contribution in [0.15, 0.2) is 48.8 Å². The van der Waals surface area contributed by atoms with Crippen LogP contribution >= 0.6 is 0 Å². The van der Waals surface area contributed by atoms with Gasteiger partial charge in [-0.05, 0) is 99.7 Å². The Morgan fingerprint density at radius 3 is 2.31 bits per heavy atom. The first-order valence-electron chi connectivity index (χ1n) is 20.9. The Labute approximate surface area is 340 Å². The molecule has 3 aromatic rings. The zero-order valence-electron chi connectivity index (χ0n) is 33.7. The molecule has 0 spiro atoms. The highest BCUT2D eigenvalue weighted by molar-refractivity contribution is 6.01. The van der Waals surface area contributed by atoms with E-state index in [9.17, 15) is 19.2 Å². The van der Waals surface area contributed by atoms with Crippen LogP contribution in [-0.4, -0.2) is 138 Å². The summed E-state index contributed by atoms with van der Waals surface area (Å²) in [5.41, 5.74) is 8.82. The van der Waals surface area contributed by atoms with Crippen LogP contribution in [0.2, 0.25) is 0 Å². The number of likely N-dealkylation sites (tertiary alicyclic amines) is 1. The van der Waals surface area contributed by atoms with E-state index in [4.69, 9.17) is 15.7 Å². The van der Waals surface area contributed by atoms with E-state index in [0.29, 0.717) is 42.9 Å². The Balaban J connectivity index is 0.799. The fourth-order valence-corrected chi connectivity index (χ4v) is 9.36. The van der Waals surface area contributed by atoms with E-state index in [1.807, 2.05) is 54.4 Å². The third kappa shape index (κ3) is 8.66. The third-order valence-electron chi connectivity index (χ3n) is 12.9. The Morgan fingerprint density at radius 1 is 0.862 bits per heavy atom. The summed E-state index contributed by atoms with van der Waals surface area (Å²) in [6, 6.07) is 12.3. The number of benzene rings is 1. The second kappa shape index (κ2) is 17.1. The number of hydrogen-bond donors (Lipinski definition) is 3. The summed E-state index contributed by atoms with van der Waals surface area (Å²) in [6.07, 6.45) is 10.7. The number of pyridine rings is 1. The van der Waals surface area contributed by atoms with Crippen molar-refractivity contribution in [3.63, 3.8) is 0 Å². The summed E-state index contributed by atoms with van der Waals surface area (Å²) >= 11 is 0. The van der Waals surface area contributed by atoms with Crippen molar-refractivity contribution in [1.82, 2.24) is 35.0 Å². The van der Waals surface area contributed by atoms with E-state index in [-0.39, 0.29) is 35.6 Å². The molecule has 5 saturated heterocycles. The summed E-state index contributed by atoms with van der Waals surface area (Å²) < 4.78 is 0. The number of urea groups is 1. The molecule has 0 saturated carbocycles. The number of carbonyl (C=O) groups is 4. The van der Waals surface area contributed by atoms with Crippen LogP contribution in [0.3, 0.4) is 0 Å². The van der Waals surface area contributed by atoms with Gasteiger partial charge in [0.25, 0.3) is 5.91 Å². The van der Waals surface area contributed by atoms with E-state index in [2.05, 4.69) is 42.5 Å². The van der Waals surface area contributed by atoms with Gasteiger partial charge >= 0.3 is 6.03 Å². The average Bonchev–Trinajstić information content (AvgIpc) is 3.58. The van der Waals surface area contributed by atoms with Crippen LogP contribution in [0.5, 0.6) is 0 Å². The number of imide groups is 1. The van der Waals surface area contributed by atoms with E-state index < -0.39 is 5.91 Å². The molecular weight excluding hydrogens is 737 g/mol. The molecule has 1 unspecified atom stereocenters. The molecule has 0 aliphatic carbocycles. The van der Waals surface area contributed by atoms with Crippen LogP contribution in [0.25, 0.3) is 0 Å². The van der Waals surface area contributed by atoms with Gasteiger partial charge in [0.15, 0.2) is 11.5 Å². The van der Waals surface area contributed by atoms with Crippen LogP contribution in [-0.2, 0) is 9.59 Å². The second-order valence-electron chi connectivity index (χ2n) is 16.6. The van der Waals surface area contributed by atoms with Gasteiger partial charge in [-0.2, -0.15) is 0 Å². The first kappa shape index (κ1) is 39.3. The highest BCUT2D eigenvalue weighted by Crippen LogP contribution is 2.32. The van der Waals surface area contributed by atoms with Crippen molar-refractivity contribution in [2.75, 3.05) is 93.0 Å². The molecule has 58 heavy (non-hydrogen) atoms. The van der Waals surface area contributed by atoms with Crippen molar-refractivity contribution in [3.05, 3.63) is 60.0 Å². The molecule has 16 heteroatoms. The number of amides is 5. The lowest BCUT2D eigenvalue weighted by molar-refractivity contribution is -0.134. The minimum absolute atomic E-state index is 0.0734. The van der Waals surface area contributed by atoms with Gasteiger partial charge in [-0.3, -0.25) is 19.7 Å². The molecule has 0 bridgehead atoms. The maximum absolute atomic E-state index is 12.7.